The number of rotatable bonds is 9. The van der Waals surface area contributed by atoms with Crippen LogP contribution in [0, 0.1) is 0 Å². The Morgan fingerprint density at radius 3 is 2.56 bits per heavy atom. The van der Waals surface area contributed by atoms with Crippen molar-refractivity contribution in [1.29, 1.82) is 0 Å². The second-order valence-corrected chi connectivity index (χ2v) is 4.91. The first-order chi connectivity index (χ1) is 8.76. The fraction of sp³-hybridized carbons (Fsp3) is 0.625. The lowest BCUT2D eigenvalue weighted by Crippen LogP contribution is -2.32. The standard InChI is InChI=1S/C16H27NO/c1-4-17-16(13-14(2)18-3)12-8-11-15-9-6-5-7-10-15/h5-7,9-10,14,16-17H,4,8,11-13H2,1-3H3. The quantitative estimate of drug-likeness (QED) is 0.724. The summed E-state index contributed by atoms with van der Waals surface area (Å²) < 4.78 is 5.35. The van der Waals surface area contributed by atoms with Crippen molar-refractivity contribution in [2.75, 3.05) is 13.7 Å². The summed E-state index contributed by atoms with van der Waals surface area (Å²) in [6, 6.07) is 11.3. The first kappa shape index (κ1) is 15.2. The molecule has 0 radical (unpaired) electrons. The SMILES string of the molecule is CCNC(CCCc1ccccc1)CC(C)OC. The summed E-state index contributed by atoms with van der Waals surface area (Å²) >= 11 is 0. The molecular weight excluding hydrogens is 222 g/mol. The van der Waals surface area contributed by atoms with Crippen LogP contribution in [-0.2, 0) is 11.2 Å². The minimum Gasteiger partial charge on any atom is -0.382 e. The van der Waals surface area contributed by atoms with E-state index in [9.17, 15) is 0 Å². The molecule has 0 aliphatic rings. The zero-order chi connectivity index (χ0) is 13.2. The van der Waals surface area contributed by atoms with E-state index in [0.717, 1.165) is 13.0 Å². The van der Waals surface area contributed by atoms with Gasteiger partial charge < -0.3 is 10.1 Å². The summed E-state index contributed by atoms with van der Waals surface area (Å²) in [6.07, 6.45) is 5.06. The van der Waals surface area contributed by atoms with Crippen molar-refractivity contribution in [1.82, 2.24) is 5.32 Å². The lowest BCUT2D eigenvalue weighted by molar-refractivity contribution is 0.0992. The van der Waals surface area contributed by atoms with Crippen molar-refractivity contribution in [3.63, 3.8) is 0 Å². The Bertz CT molecular complexity index is 299. The summed E-state index contributed by atoms with van der Waals surface area (Å²) in [5.74, 6) is 0. The van der Waals surface area contributed by atoms with Gasteiger partial charge in [-0.1, -0.05) is 37.3 Å². The molecule has 18 heavy (non-hydrogen) atoms. The average molecular weight is 249 g/mol. The molecule has 0 aliphatic carbocycles. The van der Waals surface area contributed by atoms with Crippen molar-refractivity contribution in [3.05, 3.63) is 35.9 Å². The van der Waals surface area contributed by atoms with Gasteiger partial charge in [0, 0.05) is 13.2 Å². The van der Waals surface area contributed by atoms with Crippen LogP contribution < -0.4 is 5.32 Å². The van der Waals surface area contributed by atoms with Gasteiger partial charge in [0.1, 0.15) is 0 Å². The number of aryl methyl sites for hydroxylation is 1. The molecule has 1 aromatic rings. The van der Waals surface area contributed by atoms with E-state index >= 15 is 0 Å². The van der Waals surface area contributed by atoms with E-state index in [1.165, 1.54) is 24.8 Å². The minimum absolute atomic E-state index is 0.339. The highest BCUT2D eigenvalue weighted by Gasteiger charge is 2.11. The molecule has 0 saturated heterocycles. The maximum atomic E-state index is 5.35. The molecule has 0 amide bonds. The Kier molecular flexibility index (Phi) is 7.70. The molecule has 0 bridgehead atoms. The molecule has 0 heterocycles. The zero-order valence-electron chi connectivity index (χ0n) is 12.0. The molecule has 0 fully saturated rings. The minimum atomic E-state index is 0.339. The highest BCUT2D eigenvalue weighted by atomic mass is 16.5. The Morgan fingerprint density at radius 1 is 1.22 bits per heavy atom. The summed E-state index contributed by atoms with van der Waals surface area (Å²) in [6.45, 7) is 5.34. The molecule has 0 aromatic heterocycles. The predicted octanol–water partition coefficient (Wildman–Crippen LogP) is 3.41. The van der Waals surface area contributed by atoms with E-state index in [1.54, 1.807) is 7.11 Å². The Morgan fingerprint density at radius 2 is 1.94 bits per heavy atom. The molecule has 1 rings (SSSR count). The van der Waals surface area contributed by atoms with Crippen LogP contribution in [0.5, 0.6) is 0 Å². The molecule has 2 nitrogen and oxygen atoms in total. The number of benzene rings is 1. The van der Waals surface area contributed by atoms with Crippen molar-refractivity contribution in [3.8, 4) is 0 Å². The molecule has 0 saturated carbocycles. The Balaban J connectivity index is 2.28. The van der Waals surface area contributed by atoms with E-state index in [-0.39, 0.29) is 0 Å². The van der Waals surface area contributed by atoms with Crippen molar-refractivity contribution >= 4 is 0 Å². The van der Waals surface area contributed by atoms with E-state index in [1.807, 2.05) is 0 Å². The topological polar surface area (TPSA) is 21.3 Å². The third kappa shape index (κ3) is 6.18. The first-order valence-electron chi connectivity index (χ1n) is 7.06. The highest BCUT2D eigenvalue weighted by Crippen LogP contribution is 2.11. The van der Waals surface area contributed by atoms with Crippen molar-refractivity contribution < 1.29 is 4.74 Å². The maximum absolute atomic E-state index is 5.35. The molecule has 0 aliphatic heterocycles. The van der Waals surface area contributed by atoms with Gasteiger partial charge in [-0.2, -0.15) is 0 Å². The molecule has 102 valence electrons. The molecule has 1 aromatic carbocycles. The molecule has 1 N–H and O–H groups in total. The summed E-state index contributed by atoms with van der Waals surface area (Å²) in [4.78, 5) is 0. The van der Waals surface area contributed by atoms with Crippen LogP contribution in [0.2, 0.25) is 0 Å². The number of methoxy groups -OCH3 is 1. The zero-order valence-corrected chi connectivity index (χ0v) is 12.0. The van der Waals surface area contributed by atoms with Crippen LogP contribution in [0.3, 0.4) is 0 Å². The molecule has 0 spiro atoms. The first-order valence-corrected chi connectivity index (χ1v) is 7.06. The Labute approximate surface area is 112 Å². The highest BCUT2D eigenvalue weighted by molar-refractivity contribution is 5.14. The van der Waals surface area contributed by atoms with Gasteiger partial charge in [0.05, 0.1) is 6.10 Å². The van der Waals surface area contributed by atoms with Gasteiger partial charge in [-0.25, -0.2) is 0 Å². The normalized spacial score (nSPS) is 14.4. The van der Waals surface area contributed by atoms with Gasteiger partial charge in [-0.3, -0.25) is 0 Å². The maximum Gasteiger partial charge on any atom is 0.0558 e. The lowest BCUT2D eigenvalue weighted by atomic mass is 10.0. The van der Waals surface area contributed by atoms with Crippen molar-refractivity contribution in [2.45, 2.75) is 51.7 Å². The van der Waals surface area contributed by atoms with Crippen LogP contribution in [0.1, 0.15) is 38.7 Å². The van der Waals surface area contributed by atoms with E-state index < -0.39 is 0 Å². The largest absolute Gasteiger partial charge is 0.382 e. The Hall–Kier alpha value is -0.860. The monoisotopic (exact) mass is 249 g/mol. The van der Waals surface area contributed by atoms with Crippen LogP contribution in [0.25, 0.3) is 0 Å². The van der Waals surface area contributed by atoms with Crippen LogP contribution in [-0.4, -0.2) is 25.8 Å². The predicted molar refractivity (Wildman–Crippen MR) is 77.9 cm³/mol. The van der Waals surface area contributed by atoms with Gasteiger partial charge in [0.15, 0.2) is 0 Å². The number of nitrogens with one attached hydrogen (secondary N) is 1. The van der Waals surface area contributed by atoms with Gasteiger partial charge in [0.25, 0.3) is 0 Å². The van der Waals surface area contributed by atoms with Gasteiger partial charge >= 0.3 is 0 Å². The molecule has 2 unspecified atom stereocenters. The number of hydrogen-bond acceptors (Lipinski definition) is 2. The van der Waals surface area contributed by atoms with Gasteiger partial charge in [0.2, 0.25) is 0 Å². The van der Waals surface area contributed by atoms with Crippen LogP contribution in [0.4, 0.5) is 0 Å². The summed E-state index contributed by atoms with van der Waals surface area (Å²) in [7, 11) is 1.79. The fourth-order valence-electron chi connectivity index (χ4n) is 2.29. The van der Waals surface area contributed by atoms with Gasteiger partial charge in [-0.15, -0.1) is 0 Å². The van der Waals surface area contributed by atoms with E-state index in [2.05, 4.69) is 49.5 Å². The van der Waals surface area contributed by atoms with Gasteiger partial charge in [-0.05, 0) is 44.7 Å². The third-order valence-electron chi connectivity index (χ3n) is 3.37. The second kappa shape index (κ2) is 9.12. The molecular formula is C16H27NO. The smallest absolute Gasteiger partial charge is 0.0558 e. The number of hydrogen-bond donors (Lipinski definition) is 1. The van der Waals surface area contributed by atoms with E-state index in [0.29, 0.717) is 12.1 Å². The third-order valence-corrected chi connectivity index (χ3v) is 3.37. The van der Waals surface area contributed by atoms with Crippen molar-refractivity contribution in [2.24, 2.45) is 0 Å². The summed E-state index contributed by atoms with van der Waals surface area (Å²) in [5.41, 5.74) is 1.44. The molecule has 2 heteroatoms. The lowest BCUT2D eigenvalue weighted by Gasteiger charge is -2.21. The average Bonchev–Trinajstić information content (AvgIpc) is 2.40. The van der Waals surface area contributed by atoms with Crippen LogP contribution in [0.15, 0.2) is 30.3 Å². The summed E-state index contributed by atoms with van der Waals surface area (Å²) in [5, 5.41) is 3.55. The fourth-order valence-corrected chi connectivity index (χ4v) is 2.29. The number of ether oxygens (including phenoxy) is 1. The second-order valence-electron chi connectivity index (χ2n) is 4.91. The van der Waals surface area contributed by atoms with Crippen LogP contribution >= 0.6 is 0 Å². The van der Waals surface area contributed by atoms with E-state index in [4.69, 9.17) is 4.74 Å². The molecule has 2 atom stereocenters.